The summed E-state index contributed by atoms with van der Waals surface area (Å²) in [6.45, 7) is 5.38. The molecule has 3 rings (SSSR count). The van der Waals surface area contributed by atoms with Crippen LogP contribution in [0.15, 0.2) is 45.7 Å². The van der Waals surface area contributed by atoms with E-state index in [4.69, 9.17) is 4.74 Å². The molecule has 10 heteroatoms. The third-order valence-electron chi connectivity index (χ3n) is 5.57. The van der Waals surface area contributed by atoms with E-state index in [2.05, 4.69) is 29.5 Å². The van der Waals surface area contributed by atoms with Gasteiger partial charge in [0, 0.05) is 25.2 Å². The fourth-order valence-corrected chi connectivity index (χ4v) is 5.18. The molecule has 0 radical (unpaired) electrons. The number of hydrogen-bond acceptors (Lipinski definition) is 7. The van der Waals surface area contributed by atoms with Crippen LogP contribution in [-0.4, -0.2) is 40.8 Å². The van der Waals surface area contributed by atoms with Crippen molar-refractivity contribution in [1.29, 1.82) is 0 Å². The topological polar surface area (TPSA) is 102 Å². The summed E-state index contributed by atoms with van der Waals surface area (Å²) in [5.74, 6) is 1.38. The quantitative estimate of drug-likeness (QED) is 0.174. The Balaban J connectivity index is 1.50. The predicted molar refractivity (Wildman–Crippen MR) is 147 cm³/mol. The first-order chi connectivity index (χ1) is 17.4. The molecule has 2 amide bonds. The SMILES string of the molecule is COc1ccc(NC(=O)CCCCCn2c(SCC(=O)NCCC(C)C)nc3ccsc3c2=O)cc1. The van der Waals surface area contributed by atoms with Gasteiger partial charge in [0.05, 0.1) is 18.4 Å². The molecule has 0 fully saturated rings. The molecule has 0 aliphatic rings. The highest BCUT2D eigenvalue weighted by Gasteiger charge is 2.14. The highest BCUT2D eigenvalue weighted by Crippen LogP contribution is 2.21. The molecule has 3 aromatic rings. The molecule has 2 N–H and O–H groups in total. The highest BCUT2D eigenvalue weighted by atomic mass is 32.2. The molecule has 0 unspecified atom stereocenters. The van der Waals surface area contributed by atoms with E-state index >= 15 is 0 Å². The van der Waals surface area contributed by atoms with Gasteiger partial charge in [-0.25, -0.2) is 4.98 Å². The molecular formula is C26H34N4O4S2. The number of aromatic nitrogens is 2. The second-order valence-electron chi connectivity index (χ2n) is 8.89. The fourth-order valence-electron chi connectivity index (χ4n) is 3.54. The minimum atomic E-state index is -0.0741. The number of benzene rings is 1. The number of nitrogens with one attached hydrogen (secondary N) is 2. The number of anilines is 1. The second kappa shape index (κ2) is 14.0. The van der Waals surface area contributed by atoms with Crippen LogP contribution in [0.1, 0.15) is 46.0 Å². The molecule has 8 nitrogen and oxygen atoms in total. The molecule has 0 spiro atoms. The molecule has 0 aliphatic carbocycles. The van der Waals surface area contributed by atoms with Crippen molar-refractivity contribution in [3.8, 4) is 5.75 Å². The van der Waals surface area contributed by atoms with Crippen molar-refractivity contribution in [2.75, 3.05) is 24.7 Å². The van der Waals surface area contributed by atoms with Gasteiger partial charge in [-0.3, -0.25) is 19.0 Å². The van der Waals surface area contributed by atoms with Crippen molar-refractivity contribution in [2.45, 2.75) is 57.7 Å². The smallest absolute Gasteiger partial charge is 0.272 e. The van der Waals surface area contributed by atoms with Crippen LogP contribution in [0.3, 0.4) is 0 Å². The molecule has 2 aromatic heterocycles. The summed E-state index contributed by atoms with van der Waals surface area (Å²) in [4.78, 5) is 42.2. The average molecular weight is 531 g/mol. The summed E-state index contributed by atoms with van der Waals surface area (Å²) in [6, 6.07) is 9.05. The Morgan fingerprint density at radius 2 is 1.89 bits per heavy atom. The minimum absolute atomic E-state index is 0.0428. The largest absolute Gasteiger partial charge is 0.497 e. The monoisotopic (exact) mass is 530 g/mol. The van der Waals surface area contributed by atoms with E-state index in [1.165, 1.54) is 23.1 Å². The third kappa shape index (κ3) is 8.37. The Hall–Kier alpha value is -2.85. The summed E-state index contributed by atoms with van der Waals surface area (Å²) < 4.78 is 7.42. The van der Waals surface area contributed by atoms with E-state index < -0.39 is 0 Å². The van der Waals surface area contributed by atoms with Gasteiger partial charge in [-0.1, -0.05) is 32.0 Å². The Morgan fingerprint density at radius 3 is 2.61 bits per heavy atom. The number of thioether (sulfide) groups is 1. The first-order valence-electron chi connectivity index (χ1n) is 12.2. The van der Waals surface area contributed by atoms with Crippen LogP contribution in [0.5, 0.6) is 5.75 Å². The van der Waals surface area contributed by atoms with Gasteiger partial charge < -0.3 is 15.4 Å². The van der Waals surface area contributed by atoms with Crippen molar-refractivity contribution >= 4 is 50.8 Å². The predicted octanol–water partition coefficient (Wildman–Crippen LogP) is 4.92. The minimum Gasteiger partial charge on any atom is -0.497 e. The summed E-state index contributed by atoms with van der Waals surface area (Å²) in [5.41, 5.74) is 1.33. The third-order valence-corrected chi connectivity index (χ3v) is 7.43. The molecule has 2 heterocycles. The molecule has 0 saturated heterocycles. The van der Waals surface area contributed by atoms with Gasteiger partial charge in [-0.05, 0) is 60.9 Å². The lowest BCUT2D eigenvalue weighted by Gasteiger charge is -2.12. The molecule has 36 heavy (non-hydrogen) atoms. The van der Waals surface area contributed by atoms with Crippen LogP contribution in [-0.2, 0) is 16.1 Å². The maximum Gasteiger partial charge on any atom is 0.272 e. The summed E-state index contributed by atoms with van der Waals surface area (Å²) >= 11 is 2.67. The van der Waals surface area contributed by atoms with Gasteiger partial charge >= 0.3 is 0 Å². The Bertz CT molecular complexity index is 1200. The van der Waals surface area contributed by atoms with Gasteiger partial charge in [0.1, 0.15) is 10.4 Å². The number of hydrogen-bond donors (Lipinski definition) is 2. The van der Waals surface area contributed by atoms with Crippen LogP contribution < -0.4 is 20.9 Å². The Morgan fingerprint density at radius 1 is 1.11 bits per heavy atom. The number of carbonyl (C=O) groups is 2. The van der Waals surface area contributed by atoms with Crippen molar-refractivity contribution in [2.24, 2.45) is 5.92 Å². The number of carbonyl (C=O) groups excluding carboxylic acids is 2. The van der Waals surface area contributed by atoms with E-state index in [0.29, 0.717) is 47.2 Å². The van der Waals surface area contributed by atoms with Crippen molar-refractivity contribution < 1.29 is 14.3 Å². The van der Waals surface area contributed by atoms with Crippen molar-refractivity contribution in [3.63, 3.8) is 0 Å². The maximum absolute atomic E-state index is 13.1. The Kier molecular flexibility index (Phi) is 10.8. The molecule has 1 aromatic carbocycles. The fraction of sp³-hybridized carbons (Fsp3) is 0.462. The first kappa shape index (κ1) is 27.7. The van der Waals surface area contributed by atoms with Gasteiger partial charge in [0.25, 0.3) is 5.56 Å². The lowest BCUT2D eigenvalue weighted by molar-refractivity contribution is -0.118. The maximum atomic E-state index is 13.1. The zero-order valence-electron chi connectivity index (χ0n) is 21.0. The van der Waals surface area contributed by atoms with Crippen LogP contribution in [0.25, 0.3) is 10.2 Å². The number of fused-ring (bicyclic) bond motifs is 1. The first-order valence-corrected chi connectivity index (χ1v) is 14.1. The van der Waals surface area contributed by atoms with Crippen LogP contribution in [0.2, 0.25) is 0 Å². The number of thiophene rings is 1. The van der Waals surface area contributed by atoms with Crippen LogP contribution >= 0.6 is 23.1 Å². The number of ether oxygens (including phenoxy) is 1. The zero-order chi connectivity index (χ0) is 25.9. The second-order valence-corrected chi connectivity index (χ2v) is 10.8. The standard InChI is InChI=1S/C26H34N4O4S2/c1-18(2)12-14-27-23(32)17-36-26-29-21-13-16-35-24(21)25(33)30(26)15-6-4-5-7-22(31)28-19-8-10-20(34-3)11-9-19/h8-11,13,16,18H,4-7,12,14-15,17H2,1-3H3,(H,27,32)(H,28,31). The summed E-state index contributed by atoms with van der Waals surface area (Å²) in [5, 5.41) is 8.23. The number of rotatable bonds is 14. The van der Waals surface area contributed by atoms with Crippen molar-refractivity contribution in [3.05, 3.63) is 46.1 Å². The summed E-state index contributed by atoms with van der Waals surface area (Å²) in [7, 11) is 1.60. The number of amides is 2. The van der Waals surface area contributed by atoms with E-state index in [1.807, 2.05) is 11.4 Å². The van der Waals surface area contributed by atoms with Crippen LogP contribution in [0, 0.1) is 5.92 Å². The van der Waals surface area contributed by atoms with Gasteiger partial charge in [0.2, 0.25) is 11.8 Å². The molecular weight excluding hydrogens is 496 g/mol. The van der Waals surface area contributed by atoms with Gasteiger partial charge in [-0.2, -0.15) is 0 Å². The number of nitrogens with zero attached hydrogens (tertiary/aromatic N) is 2. The van der Waals surface area contributed by atoms with E-state index in [0.717, 1.165) is 30.7 Å². The van der Waals surface area contributed by atoms with E-state index in [1.54, 1.807) is 35.9 Å². The van der Waals surface area contributed by atoms with Crippen molar-refractivity contribution in [1.82, 2.24) is 14.9 Å². The zero-order valence-corrected chi connectivity index (χ0v) is 22.7. The lowest BCUT2D eigenvalue weighted by Crippen LogP contribution is -2.28. The molecule has 0 atom stereocenters. The van der Waals surface area contributed by atoms with Gasteiger partial charge in [0.15, 0.2) is 5.16 Å². The highest BCUT2D eigenvalue weighted by molar-refractivity contribution is 7.99. The number of methoxy groups -OCH3 is 1. The molecule has 194 valence electrons. The Labute approximate surface area is 219 Å². The number of unbranched alkanes of at least 4 members (excludes halogenated alkanes) is 2. The summed E-state index contributed by atoms with van der Waals surface area (Å²) in [6.07, 6.45) is 3.58. The van der Waals surface area contributed by atoms with E-state index in [-0.39, 0.29) is 23.1 Å². The molecule has 0 saturated carbocycles. The molecule has 0 bridgehead atoms. The average Bonchev–Trinajstić information content (AvgIpc) is 3.33. The van der Waals surface area contributed by atoms with Gasteiger partial charge in [-0.15, -0.1) is 11.3 Å². The molecule has 0 aliphatic heterocycles. The van der Waals surface area contributed by atoms with E-state index in [9.17, 15) is 14.4 Å². The lowest BCUT2D eigenvalue weighted by atomic mass is 10.1. The normalized spacial score (nSPS) is 11.1. The van der Waals surface area contributed by atoms with Crippen LogP contribution in [0.4, 0.5) is 5.69 Å².